The second-order valence-corrected chi connectivity index (χ2v) is 2.58. The van der Waals surface area contributed by atoms with Gasteiger partial charge >= 0.3 is 0 Å². The van der Waals surface area contributed by atoms with E-state index in [0.29, 0.717) is 6.42 Å². The van der Waals surface area contributed by atoms with Gasteiger partial charge in [0.2, 0.25) is 5.88 Å². The molecule has 1 heterocycles. The Hall–Kier alpha value is -1.43. The van der Waals surface area contributed by atoms with E-state index in [1.807, 2.05) is 14.0 Å². The molecule has 1 rings (SSSR count). The van der Waals surface area contributed by atoms with E-state index in [1.54, 1.807) is 11.8 Å². The van der Waals surface area contributed by atoms with Crippen molar-refractivity contribution in [3.8, 4) is 18.2 Å². The normalized spacial score (nSPS) is 9.50. The van der Waals surface area contributed by atoms with Gasteiger partial charge in [0.05, 0.1) is 12.8 Å². The Balaban J connectivity index is 3.15. The highest BCUT2D eigenvalue weighted by molar-refractivity contribution is 5.33. The van der Waals surface area contributed by atoms with Crippen LogP contribution in [0.3, 0.4) is 0 Å². The fourth-order valence-corrected chi connectivity index (χ4v) is 1.24. The Kier molecular flexibility index (Phi) is 2.39. The maximum atomic E-state index is 5.22. The van der Waals surface area contributed by atoms with Gasteiger partial charge in [0.25, 0.3) is 0 Å². The standard InChI is InChI=1S/C9H12N2O/c1-5-6-8-7(2)10-11(3)9(8)12-4/h1H,6H2,2-4H3. The summed E-state index contributed by atoms with van der Waals surface area (Å²) >= 11 is 0. The quantitative estimate of drug-likeness (QED) is 0.607. The van der Waals surface area contributed by atoms with Gasteiger partial charge in [0, 0.05) is 19.0 Å². The minimum Gasteiger partial charge on any atom is -0.481 e. The van der Waals surface area contributed by atoms with Gasteiger partial charge in [0.1, 0.15) is 0 Å². The zero-order valence-corrected chi connectivity index (χ0v) is 7.59. The van der Waals surface area contributed by atoms with Crippen LogP contribution in [0, 0.1) is 19.3 Å². The maximum absolute atomic E-state index is 5.22. The number of aromatic nitrogens is 2. The van der Waals surface area contributed by atoms with Crippen LogP contribution in [-0.2, 0) is 13.5 Å². The van der Waals surface area contributed by atoms with E-state index in [1.165, 1.54) is 0 Å². The number of terminal acetylenes is 1. The summed E-state index contributed by atoms with van der Waals surface area (Å²) < 4.78 is 6.85. The van der Waals surface area contributed by atoms with Crippen molar-refractivity contribution in [3.63, 3.8) is 0 Å². The molecule has 1 aromatic heterocycles. The van der Waals surface area contributed by atoms with E-state index >= 15 is 0 Å². The van der Waals surface area contributed by atoms with Crippen LogP contribution in [0.5, 0.6) is 5.88 Å². The SMILES string of the molecule is C#CCc1c(C)nn(C)c1OC. The van der Waals surface area contributed by atoms with Crippen LogP contribution in [0.2, 0.25) is 0 Å². The van der Waals surface area contributed by atoms with Crippen LogP contribution in [-0.4, -0.2) is 16.9 Å². The van der Waals surface area contributed by atoms with Gasteiger partial charge in [-0.2, -0.15) is 5.10 Å². The molecular weight excluding hydrogens is 152 g/mol. The third-order valence-corrected chi connectivity index (χ3v) is 1.76. The minimum absolute atomic E-state index is 0.572. The van der Waals surface area contributed by atoms with E-state index in [4.69, 9.17) is 11.2 Å². The molecule has 0 fully saturated rings. The molecule has 64 valence electrons. The Labute approximate surface area is 72.3 Å². The lowest BCUT2D eigenvalue weighted by Crippen LogP contribution is -1.96. The first-order valence-corrected chi connectivity index (χ1v) is 3.70. The van der Waals surface area contributed by atoms with Crippen molar-refractivity contribution in [2.45, 2.75) is 13.3 Å². The van der Waals surface area contributed by atoms with Gasteiger partial charge in [0.15, 0.2) is 0 Å². The number of ether oxygens (including phenoxy) is 1. The Morgan fingerprint density at radius 2 is 2.33 bits per heavy atom. The summed E-state index contributed by atoms with van der Waals surface area (Å²) in [5.41, 5.74) is 1.94. The molecule has 0 radical (unpaired) electrons. The average molecular weight is 164 g/mol. The van der Waals surface area contributed by atoms with E-state index in [-0.39, 0.29) is 0 Å². The molecule has 0 spiro atoms. The molecule has 0 aliphatic rings. The Morgan fingerprint density at radius 3 is 2.83 bits per heavy atom. The molecule has 3 nitrogen and oxygen atoms in total. The molecule has 0 saturated heterocycles. The van der Waals surface area contributed by atoms with Crippen LogP contribution in [0.15, 0.2) is 0 Å². The monoisotopic (exact) mass is 164 g/mol. The predicted molar refractivity (Wildman–Crippen MR) is 47.0 cm³/mol. The summed E-state index contributed by atoms with van der Waals surface area (Å²) in [5.74, 6) is 3.33. The zero-order chi connectivity index (χ0) is 9.14. The summed E-state index contributed by atoms with van der Waals surface area (Å²) in [6.45, 7) is 1.93. The van der Waals surface area contributed by atoms with Crippen LogP contribution in [0.1, 0.15) is 11.3 Å². The van der Waals surface area contributed by atoms with Gasteiger partial charge in [-0.05, 0) is 6.92 Å². The maximum Gasteiger partial charge on any atom is 0.215 e. The number of methoxy groups -OCH3 is 1. The zero-order valence-electron chi connectivity index (χ0n) is 7.59. The number of hydrogen-bond acceptors (Lipinski definition) is 2. The lowest BCUT2D eigenvalue weighted by Gasteiger charge is -2.00. The molecule has 1 aromatic rings. The van der Waals surface area contributed by atoms with E-state index in [0.717, 1.165) is 17.1 Å². The largest absolute Gasteiger partial charge is 0.481 e. The summed E-state index contributed by atoms with van der Waals surface area (Å²) in [6.07, 6.45) is 5.79. The smallest absolute Gasteiger partial charge is 0.215 e. The third kappa shape index (κ3) is 1.28. The molecule has 0 unspecified atom stereocenters. The molecule has 0 amide bonds. The summed E-state index contributed by atoms with van der Waals surface area (Å²) in [5, 5.41) is 4.20. The van der Waals surface area contributed by atoms with Crippen molar-refractivity contribution >= 4 is 0 Å². The summed E-state index contributed by atoms with van der Waals surface area (Å²) in [6, 6.07) is 0. The molecule has 0 saturated carbocycles. The van der Waals surface area contributed by atoms with Crippen molar-refractivity contribution in [1.82, 2.24) is 9.78 Å². The molecule has 0 aliphatic carbocycles. The molecule has 3 heteroatoms. The minimum atomic E-state index is 0.572. The summed E-state index contributed by atoms with van der Waals surface area (Å²) in [4.78, 5) is 0. The van der Waals surface area contributed by atoms with Gasteiger partial charge in [-0.3, -0.25) is 0 Å². The van der Waals surface area contributed by atoms with Gasteiger partial charge in [-0.25, -0.2) is 4.68 Å². The average Bonchev–Trinajstić information content (AvgIpc) is 2.28. The molecule has 0 atom stereocenters. The van der Waals surface area contributed by atoms with E-state index < -0.39 is 0 Å². The molecule has 0 N–H and O–H groups in total. The van der Waals surface area contributed by atoms with Gasteiger partial charge in [-0.15, -0.1) is 12.3 Å². The highest BCUT2D eigenvalue weighted by Crippen LogP contribution is 2.20. The fraction of sp³-hybridized carbons (Fsp3) is 0.444. The fourth-order valence-electron chi connectivity index (χ4n) is 1.24. The first kappa shape index (κ1) is 8.66. The van der Waals surface area contributed by atoms with Crippen molar-refractivity contribution in [2.75, 3.05) is 7.11 Å². The van der Waals surface area contributed by atoms with Crippen LogP contribution in [0.25, 0.3) is 0 Å². The first-order chi connectivity index (χ1) is 5.70. The predicted octanol–water partition coefficient (Wildman–Crippen LogP) is 0.913. The molecule has 12 heavy (non-hydrogen) atoms. The van der Waals surface area contributed by atoms with Crippen molar-refractivity contribution in [3.05, 3.63) is 11.3 Å². The topological polar surface area (TPSA) is 27.1 Å². The Morgan fingerprint density at radius 1 is 1.67 bits per heavy atom. The number of nitrogens with zero attached hydrogens (tertiary/aromatic N) is 2. The number of rotatable bonds is 2. The highest BCUT2D eigenvalue weighted by atomic mass is 16.5. The van der Waals surface area contributed by atoms with Crippen molar-refractivity contribution in [1.29, 1.82) is 0 Å². The number of hydrogen-bond donors (Lipinski definition) is 0. The first-order valence-electron chi connectivity index (χ1n) is 3.70. The van der Waals surface area contributed by atoms with Gasteiger partial charge in [-0.1, -0.05) is 0 Å². The second kappa shape index (κ2) is 3.31. The lowest BCUT2D eigenvalue weighted by atomic mass is 10.2. The molecular formula is C9H12N2O. The lowest BCUT2D eigenvalue weighted by molar-refractivity contribution is 0.370. The van der Waals surface area contributed by atoms with Crippen LogP contribution in [0.4, 0.5) is 0 Å². The van der Waals surface area contributed by atoms with Crippen molar-refractivity contribution < 1.29 is 4.74 Å². The van der Waals surface area contributed by atoms with Crippen molar-refractivity contribution in [2.24, 2.45) is 7.05 Å². The third-order valence-electron chi connectivity index (χ3n) is 1.76. The molecule has 0 aromatic carbocycles. The van der Waals surface area contributed by atoms with Crippen LogP contribution < -0.4 is 4.74 Å². The molecule has 0 bridgehead atoms. The van der Waals surface area contributed by atoms with E-state index in [9.17, 15) is 0 Å². The van der Waals surface area contributed by atoms with Gasteiger partial charge < -0.3 is 4.74 Å². The highest BCUT2D eigenvalue weighted by Gasteiger charge is 2.11. The summed E-state index contributed by atoms with van der Waals surface area (Å²) in [7, 11) is 3.46. The number of aryl methyl sites for hydroxylation is 2. The Bertz CT molecular complexity index is 320. The molecule has 0 aliphatic heterocycles. The van der Waals surface area contributed by atoms with E-state index in [2.05, 4.69) is 11.0 Å². The van der Waals surface area contributed by atoms with Crippen LogP contribution >= 0.6 is 0 Å². The second-order valence-electron chi connectivity index (χ2n) is 2.58.